The third-order valence-electron chi connectivity index (χ3n) is 5.57. The first-order chi connectivity index (χ1) is 13.6. The van der Waals surface area contributed by atoms with Crippen molar-refractivity contribution in [2.75, 3.05) is 0 Å². The molecule has 29 heavy (non-hydrogen) atoms. The van der Waals surface area contributed by atoms with Gasteiger partial charge in [-0.1, -0.05) is 18.2 Å². The summed E-state index contributed by atoms with van der Waals surface area (Å²) in [5.74, 6) is 0. The molecular weight excluding hydrogens is 389 g/mol. The molecule has 3 aromatic rings. The fourth-order valence-corrected chi connectivity index (χ4v) is 4.56. The lowest BCUT2D eigenvalue weighted by Crippen LogP contribution is -2.41. The van der Waals surface area contributed by atoms with E-state index in [-0.39, 0.29) is 16.2 Å². The number of hydrogen-bond acceptors (Lipinski definition) is 6. The normalized spacial score (nSPS) is 18.1. The van der Waals surface area contributed by atoms with E-state index >= 15 is 0 Å². The lowest BCUT2D eigenvalue weighted by atomic mass is 9.79. The lowest BCUT2D eigenvalue weighted by Gasteiger charge is -2.32. The van der Waals surface area contributed by atoms with E-state index in [1.165, 1.54) is 18.3 Å². The molecule has 1 fully saturated rings. The number of rotatable bonds is 3. The van der Waals surface area contributed by atoms with E-state index in [2.05, 4.69) is 4.98 Å². The number of pyridine rings is 1. The molecule has 0 saturated carbocycles. The predicted octanol–water partition coefficient (Wildman–Crippen LogP) is 2.44. The summed E-state index contributed by atoms with van der Waals surface area (Å²) in [5.41, 5.74) is -0.317. The maximum atomic E-state index is 13.3. The van der Waals surface area contributed by atoms with Crippen molar-refractivity contribution in [3.05, 3.63) is 54.4 Å². The van der Waals surface area contributed by atoms with Gasteiger partial charge in [-0.2, -0.15) is 5.26 Å². The highest BCUT2D eigenvalue weighted by molar-refractivity contribution is 7.90. The molecule has 0 atom stereocenters. The van der Waals surface area contributed by atoms with Gasteiger partial charge in [0.25, 0.3) is 10.0 Å². The van der Waals surface area contributed by atoms with Crippen molar-refractivity contribution in [2.24, 2.45) is 0 Å². The molecule has 0 amide bonds. The lowest BCUT2D eigenvalue weighted by molar-refractivity contribution is 0.00578. The first-order valence-corrected chi connectivity index (χ1v) is 10.6. The van der Waals surface area contributed by atoms with Gasteiger partial charge in [-0.25, -0.2) is 17.4 Å². The Labute approximate surface area is 170 Å². The number of hydrogen-bond donors (Lipinski definition) is 0. The van der Waals surface area contributed by atoms with E-state index in [9.17, 15) is 13.7 Å². The summed E-state index contributed by atoms with van der Waals surface area (Å²) in [7, 11) is -4.68. The van der Waals surface area contributed by atoms with Crippen LogP contribution in [-0.4, -0.2) is 35.7 Å². The third-order valence-corrected chi connectivity index (χ3v) is 7.24. The Morgan fingerprint density at radius 1 is 1.03 bits per heavy atom. The van der Waals surface area contributed by atoms with Gasteiger partial charge in [0.1, 0.15) is 11.8 Å². The Morgan fingerprint density at radius 3 is 2.24 bits per heavy atom. The molecule has 148 valence electrons. The maximum absolute atomic E-state index is 13.3. The minimum absolute atomic E-state index is 0.126. The van der Waals surface area contributed by atoms with Crippen LogP contribution in [0.5, 0.6) is 0 Å². The van der Waals surface area contributed by atoms with Gasteiger partial charge in [0.05, 0.1) is 16.1 Å². The molecule has 9 heteroatoms. The second-order valence-electron chi connectivity index (χ2n) is 7.97. The van der Waals surface area contributed by atoms with Crippen LogP contribution in [0.1, 0.15) is 33.4 Å². The number of fused-ring (bicyclic) bond motifs is 1. The molecular formula is C20H20BN3O4S. The molecule has 0 radical (unpaired) electrons. The standard InChI is InChI=1S/C20H20BN3O4S/c1-19(2)20(3,4)28-21(27-19)17-13-24(18-16(17)11-10-14(12-22)23-18)29(25,26)15-8-6-5-7-9-15/h5-11,13H,1-4H3. The predicted molar refractivity (Wildman–Crippen MR) is 109 cm³/mol. The van der Waals surface area contributed by atoms with Crippen LogP contribution in [0.15, 0.2) is 53.6 Å². The summed E-state index contributed by atoms with van der Waals surface area (Å²) in [5, 5.41) is 9.80. The zero-order valence-corrected chi connectivity index (χ0v) is 17.4. The van der Waals surface area contributed by atoms with Crippen LogP contribution in [0.25, 0.3) is 11.0 Å². The van der Waals surface area contributed by atoms with Gasteiger partial charge in [-0.05, 0) is 52.0 Å². The molecule has 0 aliphatic carbocycles. The average Bonchev–Trinajstić information content (AvgIpc) is 3.16. The van der Waals surface area contributed by atoms with Gasteiger partial charge in [-0.15, -0.1) is 0 Å². The van der Waals surface area contributed by atoms with Gasteiger partial charge in [-0.3, -0.25) is 0 Å². The fourth-order valence-electron chi connectivity index (χ4n) is 3.21. The average molecular weight is 409 g/mol. The summed E-state index contributed by atoms with van der Waals surface area (Å²) in [6.07, 6.45) is 1.48. The largest absolute Gasteiger partial charge is 0.497 e. The molecule has 1 saturated heterocycles. The number of benzene rings is 1. The number of nitrogens with zero attached hydrogens (tertiary/aromatic N) is 3. The van der Waals surface area contributed by atoms with E-state index in [0.29, 0.717) is 10.8 Å². The molecule has 7 nitrogen and oxygen atoms in total. The van der Waals surface area contributed by atoms with E-state index in [4.69, 9.17) is 9.31 Å². The Hall–Kier alpha value is -2.67. The number of nitriles is 1. The zero-order chi connectivity index (χ0) is 21.0. The van der Waals surface area contributed by atoms with Gasteiger partial charge in [0, 0.05) is 17.0 Å². The van der Waals surface area contributed by atoms with Crippen LogP contribution < -0.4 is 5.46 Å². The zero-order valence-electron chi connectivity index (χ0n) is 16.6. The van der Waals surface area contributed by atoms with Crippen molar-refractivity contribution >= 4 is 33.6 Å². The van der Waals surface area contributed by atoms with Crippen molar-refractivity contribution in [3.8, 4) is 6.07 Å². The highest BCUT2D eigenvalue weighted by Gasteiger charge is 2.52. The Bertz CT molecular complexity index is 1230. The molecule has 0 unspecified atom stereocenters. The van der Waals surface area contributed by atoms with Crippen molar-refractivity contribution in [3.63, 3.8) is 0 Å². The monoisotopic (exact) mass is 409 g/mol. The van der Waals surface area contributed by atoms with Crippen molar-refractivity contribution in [1.29, 1.82) is 5.26 Å². The minimum atomic E-state index is -3.92. The topological polar surface area (TPSA) is 94.2 Å². The van der Waals surface area contributed by atoms with Crippen LogP contribution in [0, 0.1) is 11.3 Å². The highest BCUT2D eigenvalue weighted by Crippen LogP contribution is 2.37. The second-order valence-corrected chi connectivity index (χ2v) is 9.78. The molecule has 0 bridgehead atoms. The van der Waals surface area contributed by atoms with Crippen molar-refractivity contribution in [1.82, 2.24) is 8.96 Å². The second kappa shape index (κ2) is 6.42. The van der Waals surface area contributed by atoms with Crippen LogP contribution in [0.2, 0.25) is 0 Å². The summed E-state index contributed by atoms with van der Waals surface area (Å²) in [6, 6.07) is 13.3. The molecule has 0 spiro atoms. The molecule has 1 aliphatic heterocycles. The van der Waals surface area contributed by atoms with Gasteiger partial charge in [0.2, 0.25) is 0 Å². The Balaban J connectivity index is 1.94. The fraction of sp³-hybridized carbons (Fsp3) is 0.300. The molecule has 1 aromatic carbocycles. The van der Waals surface area contributed by atoms with Gasteiger partial charge in [0.15, 0.2) is 5.65 Å². The summed E-state index contributed by atoms with van der Waals surface area (Å²) < 4.78 is 39.9. The van der Waals surface area contributed by atoms with Crippen LogP contribution >= 0.6 is 0 Å². The van der Waals surface area contributed by atoms with E-state index in [1.54, 1.807) is 30.3 Å². The smallest absolute Gasteiger partial charge is 0.399 e. The molecule has 3 heterocycles. The van der Waals surface area contributed by atoms with E-state index in [1.807, 2.05) is 33.8 Å². The molecule has 4 rings (SSSR count). The van der Waals surface area contributed by atoms with Crippen LogP contribution in [0.3, 0.4) is 0 Å². The van der Waals surface area contributed by atoms with Gasteiger partial charge < -0.3 is 9.31 Å². The van der Waals surface area contributed by atoms with Gasteiger partial charge >= 0.3 is 7.12 Å². The quantitative estimate of drug-likeness (QED) is 0.617. The van der Waals surface area contributed by atoms with E-state index < -0.39 is 28.3 Å². The van der Waals surface area contributed by atoms with Crippen molar-refractivity contribution in [2.45, 2.75) is 43.8 Å². The van der Waals surface area contributed by atoms with Crippen LogP contribution in [0.4, 0.5) is 0 Å². The van der Waals surface area contributed by atoms with Crippen LogP contribution in [-0.2, 0) is 19.3 Å². The summed E-state index contributed by atoms with van der Waals surface area (Å²) >= 11 is 0. The molecule has 1 aliphatic rings. The molecule has 0 N–H and O–H groups in total. The molecule has 2 aromatic heterocycles. The first kappa shape index (κ1) is 19.6. The minimum Gasteiger partial charge on any atom is -0.399 e. The Morgan fingerprint density at radius 2 is 1.66 bits per heavy atom. The summed E-state index contributed by atoms with van der Waals surface area (Å²) in [6.45, 7) is 7.72. The highest BCUT2D eigenvalue weighted by atomic mass is 32.2. The summed E-state index contributed by atoms with van der Waals surface area (Å²) in [4.78, 5) is 4.39. The first-order valence-electron chi connectivity index (χ1n) is 9.15. The third kappa shape index (κ3) is 3.04. The SMILES string of the molecule is CC1(C)OB(c2cn(S(=O)(=O)c3ccccc3)c3nc(C#N)ccc23)OC1(C)C. The van der Waals surface area contributed by atoms with E-state index in [0.717, 1.165) is 3.97 Å². The Kier molecular flexibility index (Phi) is 4.35. The maximum Gasteiger partial charge on any atom is 0.497 e. The van der Waals surface area contributed by atoms with Crippen molar-refractivity contribution < 1.29 is 17.7 Å². The number of aromatic nitrogens is 2.